The van der Waals surface area contributed by atoms with Gasteiger partial charge in [0.15, 0.2) is 0 Å². The third-order valence-corrected chi connectivity index (χ3v) is 8.26. The Bertz CT molecular complexity index is 725. The van der Waals surface area contributed by atoms with Crippen molar-refractivity contribution in [1.82, 2.24) is 10.2 Å². The van der Waals surface area contributed by atoms with Crippen LogP contribution in [-0.4, -0.2) is 37.2 Å². The molecule has 3 fully saturated rings. The first-order chi connectivity index (χ1) is 13.7. The number of nitrogens with zero attached hydrogens (tertiary/aromatic N) is 1. The fraction of sp³-hybridized carbons (Fsp3) is 0.708. The number of hydrogen-bond acceptors (Lipinski definition) is 3. The van der Waals surface area contributed by atoms with E-state index in [0.717, 1.165) is 24.2 Å². The maximum absolute atomic E-state index is 12.0. The predicted octanol–water partition coefficient (Wildman–Crippen LogP) is 4.65. The number of carbonyl (C=O) groups excluding carboxylic acids is 1. The minimum atomic E-state index is -0.284. The highest BCUT2D eigenvalue weighted by Crippen LogP contribution is 2.52. The normalized spacial score (nSPS) is 33.2. The molecule has 4 heteroatoms. The Morgan fingerprint density at radius 3 is 2.75 bits per heavy atom. The van der Waals surface area contributed by atoms with Crippen molar-refractivity contribution in [2.24, 2.45) is 17.8 Å². The fourth-order valence-corrected chi connectivity index (χ4v) is 6.91. The van der Waals surface area contributed by atoms with E-state index in [0.29, 0.717) is 6.61 Å². The minimum Gasteiger partial charge on any atom is -0.450 e. The van der Waals surface area contributed by atoms with E-state index in [1.165, 1.54) is 69.3 Å². The Kier molecular flexibility index (Phi) is 4.86. The van der Waals surface area contributed by atoms with Gasteiger partial charge in [-0.3, -0.25) is 0 Å². The van der Waals surface area contributed by atoms with Crippen LogP contribution >= 0.6 is 0 Å². The molecule has 1 spiro atoms. The predicted molar refractivity (Wildman–Crippen MR) is 110 cm³/mol. The second-order valence-corrected chi connectivity index (χ2v) is 9.72. The lowest BCUT2D eigenvalue weighted by molar-refractivity contribution is 0.116. The molecular weight excluding hydrogens is 348 g/mol. The number of amides is 1. The summed E-state index contributed by atoms with van der Waals surface area (Å²) in [6.07, 6.45) is 9.15. The van der Waals surface area contributed by atoms with Crippen molar-refractivity contribution in [2.45, 2.75) is 63.3 Å². The summed E-state index contributed by atoms with van der Waals surface area (Å²) < 4.78 is 5.15. The summed E-state index contributed by atoms with van der Waals surface area (Å²) in [6.45, 7) is 6.00. The first-order valence-electron chi connectivity index (χ1n) is 11.4. The van der Waals surface area contributed by atoms with E-state index < -0.39 is 0 Å². The Labute approximate surface area is 169 Å². The molecule has 1 aliphatic heterocycles. The molecule has 2 bridgehead atoms. The maximum atomic E-state index is 12.0. The molecule has 1 heterocycles. The van der Waals surface area contributed by atoms with Crippen molar-refractivity contribution in [2.75, 3.05) is 26.2 Å². The van der Waals surface area contributed by atoms with Crippen LogP contribution in [0.1, 0.15) is 69.0 Å². The fourth-order valence-electron chi connectivity index (χ4n) is 6.91. The second kappa shape index (κ2) is 7.37. The average molecular weight is 383 g/mol. The van der Waals surface area contributed by atoms with Crippen molar-refractivity contribution in [1.29, 1.82) is 0 Å². The van der Waals surface area contributed by atoms with Gasteiger partial charge in [-0.25, -0.2) is 4.79 Å². The second-order valence-electron chi connectivity index (χ2n) is 9.72. The van der Waals surface area contributed by atoms with Gasteiger partial charge in [0.25, 0.3) is 0 Å². The zero-order valence-electron chi connectivity index (χ0n) is 17.2. The number of likely N-dealkylation sites (tertiary alicyclic amines) is 1. The summed E-state index contributed by atoms with van der Waals surface area (Å²) in [6, 6.07) is 8.85. The SMILES string of the molecule is CCOC(=O)N[C@H]1CC2(CCN(C[C@H]3C[C@H]4CC[C@@H]3C4)CC2)c2ccccc21. The molecular formula is C24H34N2O2. The zero-order valence-corrected chi connectivity index (χ0v) is 17.2. The van der Waals surface area contributed by atoms with E-state index in [2.05, 4.69) is 34.5 Å². The molecule has 1 saturated heterocycles. The Hall–Kier alpha value is -1.55. The maximum Gasteiger partial charge on any atom is 0.407 e. The van der Waals surface area contributed by atoms with Gasteiger partial charge in [0.1, 0.15) is 0 Å². The van der Waals surface area contributed by atoms with Gasteiger partial charge in [0.05, 0.1) is 12.6 Å². The molecule has 4 aliphatic rings. The summed E-state index contributed by atoms with van der Waals surface area (Å²) >= 11 is 0. The van der Waals surface area contributed by atoms with Gasteiger partial charge in [0.2, 0.25) is 0 Å². The lowest BCUT2D eigenvalue weighted by atomic mass is 9.73. The van der Waals surface area contributed by atoms with Crippen LogP contribution in [-0.2, 0) is 10.2 Å². The van der Waals surface area contributed by atoms with Crippen LogP contribution < -0.4 is 5.32 Å². The number of nitrogens with one attached hydrogen (secondary N) is 1. The number of benzene rings is 1. The highest BCUT2D eigenvalue weighted by atomic mass is 16.5. The summed E-state index contributed by atoms with van der Waals surface area (Å²) in [4.78, 5) is 14.8. The standard InChI is InChI=1S/C24H34N2O2/c1-2-28-23(27)25-22-15-24(21-6-4-3-5-20(21)22)9-11-26(12-10-24)16-19-14-17-7-8-18(19)13-17/h3-6,17-19,22H,2,7-16H2,1H3,(H,25,27)/t17-,18+,19+,22-/m0/s1. The van der Waals surface area contributed by atoms with Gasteiger partial charge in [0, 0.05) is 12.0 Å². The number of alkyl carbamates (subject to hydrolysis) is 1. The molecule has 152 valence electrons. The van der Waals surface area contributed by atoms with Gasteiger partial charge in [-0.15, -0.1) is 0 Å². The van der Waals surface area contributed by atoms with Gasteiger partial charge < -0.3 is 15.0 Å². The van der Waals surface area contributed by atoms with Crippen molar-refractivity contribution in [3.63, 3.8) is 0 Å². The van der Waals surface area contributed by atoms with Crippen molar-refractivity contribution in [3.05, 3.63) is 35.4 Å². The van der Waals surface area contributed by atoms with Gasteiger partial charge in [-0.2, -0.15) is 0 Å². The van der Waals surface area contributed by atoms with Crippen LogP contribution in [0.3, 0.4) is 0 Å². The number of carbonyl (C=O) groups is 1. The molecule has 0 radical (unpaired) electrons. The molecule has 3 aliphatic carbocycles. The third kappa shape index (κ3) is 3.24. The third-order valence-electron chi connectivity index (χ3n) is 8.26. The Balaban J connectivity index is 1.25. The van der Waals surface area contributed by atoms with Crippen molar-refractivity contribution < 1.29 is 9.53 Å². The molecule has 0 unspecified atom stereocenters. The van der Waals surface area contributed by atoms with Gasteiger partial charge in [-0.05, 0) is 87.4 Å². The van der Waals surface area contributed by atoms with E-state index in [1.54, 1.807) is 0 Å². The monoisotopic (exact) mass is 382 g/mol. The Morgan fingerprint density at radius 1 is 1.21 bits per heavy atom. The molecule has 5 rings (SSSR count). The van der Waals surface area contributed by atoms with E-state index >= 15 is 0 Å². The molecule has 1 aromatic carbocycles. The number of ether oxygens (including phenoxy) is 1. The number of rotatable bonds is 4. The lowest BCUT2D eigenvalue weighted by Crippen LogP contribution is -2.44. The van der Waals surface area contributed by atoms with E-state index in [9.17, 15) is 4.79 Å². The van der Waals surface area contributed by atoms with Crippen LogP contribution in [0.2, 0.25) is 0 Å². The van der Waals surface area contributed by atoms with Crippen LogP contribution in [0.4, 0.5) is 4.79 Å². The molecule has 1 aromatic rings. The molecule has 4 nitrogen and oxygen atoms in total. The van der Waals surface area contributed by atoms with Gasteiger partial charge in [-0.1, -0.05) is 30.7 Å². The van der Waals surface area contributed by atoms with Crippen LogP contribution in [0, 0.1) is 17.8 Å². The minimum absolute atomic E-state index is 0.0902. The molecule has 4 atom stereocenters. The number of fused-ring (bicyclic) bond motifs is 4. The quantitative estimate of drug-likeness (QED) is 0.824. The highest BCUT2D eigenvalue weighted by Gasteiger charge is 2.47. The molecule has 0 aromatic heterocycles. The topological polar surface area (TPSA) is 41.6 Å². The number of hydrogen-bond donors (Lipinski definition) is 1. The smallest absolute Gasteiger partial charge is 0.407 e. The average Bonchev–Trinajstić information content (AvgIpc) is 3.39. The van der Waals surface area contributed by atoms with Crippen LogP contribution in [0.15, 0.2) is 24.3 Å². The van der Waals surface area contributed by atoms with Crippen molar-refractivity contribution in [3.8, 4) is 0 Å². The van der Waals surface area contributed by atoms with Crippen LogP contribution in [0.25, 0.3) is 0 Å². The summed E-state index contributed by atoms with van der Waals surface area (Å²) in [7, 11) is 0. The Morgan fingerprint density at radius 2 is 2.04 bits per heavy atom. The van der Waals surface area contributed by atoms with E-state index in [-0.39, 0.29) is 17.6 Å². The summed E-state index contributed by atoms with van der Waals surface area (Å²) in [5.41, 5.74) is 3.00. The molecule has 2 saturated carbocycles. The summed E-state index contributed by atoms with van der Waals surface area (Å²) in [5.74, 6) is 3.02. The lowest BCUT2D eigenvalue weighted by Gasteiger charge is -2.42. The van der Waals surface area contributed by atoms with Gasteiger partial charge >= 0.3 is 6.09 Å². The van der Waals surface area contributed by atoms with Crippen LogP contribution in [0.5, 0.6) is 0 Å². The largest absolute Gasteiger partial charge is 0.450 e. The zero-order chi connectivity index (χ0) is 19.1. The first kappa shape index (κ1) is 18.5. The van der Waals surface area contributed by atoms with Crippen molar-refractivity contribution >= 4 is 6.09 Å². The van der Waals surface area contributed by atoms with E-state index in [1.807, 2.05) is 6.92 Å². The molecule has 1 amide bonds. The number of piperidine rings is 1. The van der Waals surface area contributed by atoms with E-state index in [4.69, 9.17) is 4.74 Å². The summed E-state index contributed by atoms with van der Waals surface area (Å²) in [5, 5.41) is 3.12. The highest BCUT2D eigenvalue weighted by molar-refractivity contribution is 5.68. The molecule has 28 heavy (non-hydrogen) atoms. The molecule has 1 N–H and O–H groups in total. The first-order valence-corrected chi connectivity index (χ1v) is 11.4.